The van der Waals surface area contributed by atoms with Crippen LogP contribution in [0.5, 0.6) is 17.2 Å². The maximum atomic E-state index is 13.6. The normalized spacial score (nSPS) is 15.4. The van der Waals surface area contributed by atoms with Crippen molar-refractivity contribution in [2.75, 3.05) is 20.8 Å². The number of nitrogens with zero attached hydrogens (tertiary/aromatic N) is 2. The van der Waals surface area contributed by atoms with Gasteiger partial charge in [-0.25, -0.2) is 9.79 Å². The Kier molecular flexibility index (Phi) is 7.07. The van der Waals surface area contributed by atoms with Crippen molar-refractivity contribution in [3.05, 3.63) is 84.5 Å². The largest absolute Gasteiger partial charge is 0.504 e. The highest BCUT2D eigenvalue weighted by Gasteiger charge is 2.33. The number of carbonyl (C=O) groups is 1. The molecule has 35 heavy (non-hydrogen) atoms. The Morgan fingerprint density at radius 3 is 2.60 bits per heavy atom. The summed E-state index contributed by atoms with van der Waals surface area (Å²) in [5.41, 5.74) is 1.93. The topological polar surface area (TPSA) is 99.4 Å². The highest BCUT2D eigenvalue weighted by molar-refractivity contribution is 7.07. The molecule has 1 atom stereocenters. The number of esters is 1. The van der Waals surface area contributed by atoms with Crippen LogP contribution >= 0.6 is 11.3 Å². The summed E-state index contributed by atoms with van der Waals surface area (Å²) in [5, 5.41) is 9.87. The van der Waals surface area contributed by atoms with E-state index in [9.17, 15) is 14.7 Å². The molecule has 0 saturated heterocycles. The van der Waals surface area contributed by atoms with Gasteiger partial charge in [-0.05, 0) is 54.8 Å². The van der Waals surface area contributed by atoms with E-state index in [0.717, 1.165) is 12.0 Å². The SMILES string of the molecule is CCCOc1ccc(C2C(C(=O)OC)=C(C)N=c3sc(=Cc4ccc(O)c(OC)c4)c(=O)n32)cc1. The van der Waals surface area contributed by atoms with Gasteiger partial charge in [0.25, 0.3) is 5.56 Å². The summed E-state index contributed by atoms with van der Waals surface area (Å²) < 4.78 is 17.9. The zero-order valence-corrected chi connectivity index (χ0v) is 20.7. The van der Waals surface area contributed by atoms with Gasteiger partial charge < -0.3 is 19.3 Å². The minimum atomic E-state index is -0.699. The smallest absolute Gasteiger partial charge is 0.338 e. The van der Waals surface area contributed by atoms with Crippen LogP contribution < -0.4 is 24.4 Å². The van der Waals surface area contributed by atoms with Crippen LogP contribution in [0.3, 0.4) is 0 Å². The van der Waals surface area contributed by atoms with Crippen LogP contribution in [0.1, 0.15) is 37.4 Å². The number of ether oxygens (including phenoxy) is 3. The van der Waals surface area contributed by atoms with Gasteiger partial charge in [0.15, 0.2) is 16.3 Å². The molecule has 0 bridgehead atoms. The first kappa shape index (κ1) is 24.3. The summed E-state index contributed by atoms with van der Waals surface area (Å²) in [4.78, 5) is 31.4. The molecule has 1 N–H and O–H groups in total. The Morgan fingerprint density at radius 2 is 1.94 bits per heavy atom. The van der Waals surface area contributed by atoms with Crippen molar-refractivity contribution in [2.24, 2.45) is 4.99 Å². The number of fused-ring (bicyclic) bond motifs is 1. The molecule has 1 unspecified atom stereocenters. The van der Waals surface area contributed by atoms with Gasteiger partial charge in [-0.15, -0.1) is 0 Å². The number of rotatable bonds is 7. The molecule has 1 aromatic heterocycles. The second kappa shape index (κ2) is 10.2. The molecule has 0 fully saturated rings. The number of phenolic OH excluding ortho intramolecular Hbond substituents is 1. The van der Waals surface area contributed by atoms with E-state index in [0.29, 0.717) is 44.3 Å². The number of aromatic nitrogens is 1. The number of aromatic hydroxyl groups is 1. The van der Waals surface area contributed by atoms with Crippen molar-refractivity contribution in [1.82, 2.24) is 4.57 Å². The molecule has 1 aliphatic rings. The van der Waals surface area contributed by atoms with E-state index in [-0.39, 0.29) is 11.3 Å². The first-order valence-electron chi connectivity index (χ1n) is 11.1. The number of phenols is 1. The van der Waals surface area contributed by atoms with Crippen molar-refractivity contribution in [1.29, 1.82) is 0 Å². The fourth-order valence-corrected chi connectivity index (χ4v) is 4.96. The molecule has 1 aliphatic heterocycles. The third kappa shape index (κ3) is 4.72. The fraction of sp³-hybridized carbons (Fsp3) is 0.269. The molecule has 3 aromatic rings. The van der Waals surface area contributed by atoms with Gasteiger partial charge in [0.2, 0.25) is 0 Å². The van der Waals surface area contributed by atoms with Gasteiger partial charge in [0.05, 0.1) is 42.7 Å². The predicted octanol–water partition coefficient (Wildman–Crippen LogP) is 2.91. The second-order valence-electron chi connectivity index (χ2n) is 7.92. The van der Waals surface area contributed by atoms with Crippen molar-refractivity contribution < 1.29 is 24.1 Å². The van der Waals surface area contributed by atoms with Crippen molar-refractivity contribution in [3.63, 3.8) is 0 Å². The molecule has 0 amide bonds. The Labute approximate surface area is 206 Å². The summed E-state index contributed by atoms with van der Waals surface area (Å²) in [6.07, 6.45) is 2.60. The molecule has 2 heterocycles. The van der Waals surface area contributed by atoms with Crippen LogP contribution in [0.2, 0.25) is 0 Å². The molecule has 0 saturated carbocycles. The number of thiazole rings is 1. The number of methoxy groups -OCH3 is 2. The maximum Gasteiger partial charge on any atom is 0.338 e. The van der Waals surface area contributed by atoms with Crippen molar-refractivity contribution in [3.8, 4) is 17.2 Å². The lowest BCUT2D eigenvalue weighted by Gasteiger charge is -2.24. The van der Waals surface area contributed by atoms with Gasteiger partial charge in [-0.2, -0.15) is 0 Å². The molecular weight excluding hydrogens is 468 g/mol. The molecule has 0 spiro atoms. The molecule has 0 aliphatic carbocycles. The Balaban J connectivity index is 1.88. The minimum Gasteiger partial charge on any atom is -0.504 e. The van der Waals surface area contributed by atoms with Gasteiger partial charge in [-0.3, -0.25) is 9.36 Å². The third-order valence-corrected chi connectivity index (χ3v) is 6.58. The first-order valence-corrected chi connectivity index (χ1v) is 11.9. The number of allylic oxidation sites excluding steroid dienone is 1. The van der Waals surface area contributed by atoms with Crippen LogP contribution in [0.25, 0.3) is 6.08 Å². The number of benzene rings is 2. The summed E-state index contributed by atoms with van der Waals surface area (Å²) in [7, 11) is 2.77. The fourth-order valence-electron chi connectivity index (χ4n) is 3.91. The van der Waals surface area contributed by atoms with E-state index in [2.05, 4.69) is 4.99 Å². The number of hydrogen-bond acceptors (Lipinski definition) is 8. The lowest BCUT2D eigenvalue weighted by molar-refractivity contribution is -0.136. The average molecular weight is 495 g/mol. The highest BCUT2D eigenvalue weighted by atomic mass is 32.1. The summed E-state index contributed by atoms with van der Waals surface area (Å²) in [6.45, 7) is 4.37. The summed E-state index contributed by atoms with van der Waals surface area (Å²) in [6, 6.07) is 11.5. The average Bonchev–Trinajstić information content (AvgIpc) is 3.17. The zero-order chi connectivity index (χ0) is 25.1. The van der Waals surface area contributed by atoms with Gasteiger partial charge >= 0.3 is 5.97 Å². The Bertz CT molecular complexity index is 1470. The van der Waals surface area contributed by atoms with Gasteiger partial charge in [0, 0.05) is 0 Å². The molecule has 9 heteroatoms. The molecule has 2 aromatic carbocycles. The molecule has 0 radical (unpaired) electrons. The summed E-state index contributed by atoms with van der Waals surface area (Å²) >= 11 is 1.23. The van der Waals surface area contributed by atoms with E-state index >= 15 is 0 Å². The molecule has 8 nitrogen and oxygen atoms in total. The van der Waals surface area contributed by atoms with E-state index in [1.165, 1.54) is 36.2 Å². The van der Waals surface area contributed by atoms with Crippen LogP contribution in [0.15, 0.2) is 63.5 Å². The van der Waals surface area contributed by atoms with Crippen molar-refractivity contribution >= 4 is 23.4 Å². The molecule has 4 rings (SSSR count). The predicted molar refractivity (Wildman–Crippen MR) is 133 cm³/mol. The van der Waals surface area contributed by atoms with Crippen LogP contribution in [-0.4, -0.2) is 36.5 Å². The van der Waals surface area contributed by atoms with Crippen molar-refractivity contribution in [2.45, 2.75) is 26.3 Å². The van der Waals surface area contributed by atoms with E-state index in [4.69, 9.17) is 14.2 Å². The lowest BCUT2D eigenvalue weighted by atomic mass is 9.96. The highest BCUT2D eigenvalue weighted by Crippen LogP contribution is 2.31. The molecule has 182 valence electrons. The standard InChI is InChI=1S/C26H26N2O6S/c1-5-12-34-18-9-7-17(8-10-18)23-22(25(31)33-4)15(2)27-26-28(23)24(30)21(35-26)14-16-6-11-19(29)20(13-16)32-3/h6-11,13-14,23,29H,5,12H2,1-4H3. The van der Waals surface area contributed by atoms with E-state index < -0.39 is 12.0 Å². The van der Waals surface area contributed by atoms with Crippen LogP contribution in [-0.2, 0) is 9.53 Å². The maximum absolute atomic E-state index is 13.6. The third-order valence-electron chi connectivity index (χ3n) is 5.60. The monoisotopic (exact) mass is 494 g/mol. The second-order valence-corrected chi connectivity index (χ2v) is 8.93. The Morgan fingerprint density at radius 1 is 1.20 bits per heavy atom. The van der Waals surface area contributed by atoms with Gasteiger partial charge in [-0.1, -0.05) is 36.5 Å². The first-order chi connectivity index (χ1) is 16.9. The molecular formula is C26H26N2O6S. The quantitative estimate of drug-likeness (QED) is 0.507. The van der Waals surface area contributed by atoms with Crippen LogP contribution in [0, 0.1) is 0 Å². The number of carbonyl (C=O) groups excluding carboxylic acids is 1. The lowest BCUT2D eigenvalue weighted by Crippen LogP contribution is -2.39. The van der Waals surface area contributed by atoms with E-state index in [1.54, 1.807) is 25.1 Å². The summed E-state index contributed by atoms with van der Waals surface area (Å²) in [5.74, 6) is 0.485. The number of hydrogen-bond donors (Lipinski definition) is 1. The van der Waals surface area contributed by atoms with Crippen LogP contribution in [0.4, 0.5) is 0 Å². The minimum absolute atomic E-state index is 0.0100. The Hall–Kier alpha value is -3.85. The zero-order valence-electron chi connectivity index (χ0n) is 19.9. The van der Waals surface area contributed by atoms with Gasteiger partial charge in [0.1, 0.15) is 5.75 Å². The van der Waals surface area contributed by atoms with E-state index in [1.807, 2.05) is 31.2 Å².